The lowest BCUT2D eigenvalue weighted by Gasteiger charge is -2.08. The molecule has 0 radical (unpaired) electrons. The van der Waals surface area contributed by atoms with E-state index in [1.54, 1.807) is 6.07 Å². The summed E-state index contributed by atoms with van der Waals surface area (Å²) in [7, 11) is 0. The molecular weight excluding hydrogens is 270 g/mol. The number of carbonyl (C=O) groups is 1. The molecule has 2 amide bonds. The van der Waals surface area contributed by atoms with E-state index in [0.717, 1.165) is 6.20 Å². The maximum Gasteiger partial charge on any atom is 0.320 e. The number of rotatable bonds is 3. The molecule has 8 heteroatoms. The molecule has 20 heavy (non-hydrogen) atoms. The number of halogens is 2. The van der Waals surface area contributed by atoms with Crippen LogP contribution in [0.5, 0.6) is 6.01 Å². The molecule has 0 saturated carbocycles. The smallest absolute Gasteiger partial charge is 0.320 e. The molecule has 2 aromatic rings. The maximum absolute atomic E-state index is 13.3. The second-order valence-electron chi connectivity index (χ2n) is 3.77. The zero-order valence-electron chi connectivity index (χ0n) is 10.1. The molecule has 0 spiro atoms. The first-order chi connectivity index (χ1) is 9.56. The summed E-state index contributed by atoms with van der Waals surface area (Å²) < 4.78 is 26.5. The molecule has 0 atom stereocenters. The van der Waals surface area contributed by atoms with Crippen LogP contribution in [0.1, 0.15) is 5.56 Å². The number of hydrogen-bond donors (Lipinski definition) is 3. The highest BCUT2D eigenvalue weighted by Gasteiger charge is 2.10. The Labute approximate surface area is 112 Å². The van der Waals surface area contributed by atoms with Crippen molar-refractivity contribution in [2.45, 2.75) is 6.54 Å². The number of benzene rings is 1. The predicted octanol–water partition coefficient (Wildman–Crippen LogP) is 1.78. The third-order valence-corrected chi connectivity index (χ3v) is 2.36. The average molecular weight is 280 g/mol. The van der Waals surface area contributed by atoms with Crippen molar-refractivity contribution in [3.8, 4) is 6.01 Å². The van der Waals surface area contributed by atoms with E-state index in [1.165, 1.54) is 18.2 Å². The third kappa shape index (κ3) is 3.37. The SMILES string of the molecule is O=C(NCc1ccccc1F)Nc1nc(O)ncc1F. The monoisotopic (exact) mass is 280 g/mol. The molecule has 0 fully saturated rings. The van der Waals surface area contributed by atoms with Gasteiger partial charge in [-0.3, -0.25) is 5.32 Å². The van der Waals surface area contributed by atoms with E-state index in [4.69, 9.17) is 5.11 Å². The van der Waals surface area contributed by atoms with Crippen molar-refractivity contribution in [3.05, 3.63) is 47.7 Å². The second kappa shape index (κ2) is 5.91. The highest BCUT2D eigenvalue weighted by atomic mass is 19.1. The van der Waals surface area contributed by atoms with E-state index in [0.29, 0.717) is 0 Å². The molecule has 0 aliphatic rings. The van der Waals surface area contributed by atoms with Gasteiger partial charge in [0.15, 0.2) is 11.6 Å². The summed E-state index contributed by atoms with van der Waals surface area (Å²) in [5.74, 6) is -1.83. The highest BCUT2D eigenvalue weighted by molar-refractivity contribution is 5.88. The molecule has 104 valence electrons. The van der Waals surface area contributed by atoms with Gasteiger partial charge in [0.05, 0.1) is 6.20 Å². The lowest BCUT2D eigenvalue weighted by atomic mass is 10.2. The molecule has 0 bridgehead atoms. The van der Waals surface area contributed by atoms with Crippen LogP contribution in [-0.2, 0) is 6.54 Å². The third-order valence-electron chi connectivity index (χ3n) is 2.36. The topological polar surface area (TPSA) is 87.1 Å². The van der Waals surface area contributed by atoms with Gasteiger partial charge in [-0.1, -0.05) is 18.2 Å². The van der Waals surface area contributed by atoms with Crippen molar-refractivity contribution < 1.29 is 18.7 Å². The Morgan fingerprint density at radius 3 is 2.75 bits per heavy atom. The van der Waals surface area contributed by atoms with E-state index < -0.39 is 29.5 Å². The quantitative estimate of drug-likeness (QED) is 0.799. The van der Waals surface area contributed by atoms with Gasteiger partial charge in [0.2, 0.25) is 0 Å². The number of anilines is 1. The van der Waals surface area contributed by atoms with Crippen LogP contribution in [0.15, 0.2) is 30.5 Å². The lowest BCUT2D eigenvalue weighted by molar-refractivity contribution is 0.251. The fraction of sp³-hybridized carbons (Fsp3) is 0.0833. The van der Waals surface area contributed by atoms with Crippen LogP contribution in [0, 0.1) is 11.6 Å². The number of nitrogens with one attached hydrogen (secondary N) is 2. The van der Waals surface area contributed by atoms with Crippen LogP contribution in [0.4, 0.5) is 19.4 Å². The van der Waals surface area contributed by atoms with E-state index in [1.807, 2.05) is 0 Å². The van der Waals surface area contributed by atoms with Gasteiger partial charge in [0.25, 0.3) is 0 Å². The van der Waals surface area contributed by atoms with Crippen molar-refractivity contribution >= 4 is 11.8 Å². The molecule has 0 unspecified atom stereocenters. The summed E-state index contributed by atoms with van der Waals surface area (Å²) in [6.45, 7) is -0.0722. The number of carbonyl (C=O) groups excluding carboxylic acids is 1. The van der Waals surface area contributed by atoms with Crippen LogP contribution < -0.4 is 10.6 Å². The lowest BCUT2D eigenvalue weighted by Crippen LogP contribution is -2.29. The Morgan fingerprint density at radius 2 is 2.00 bits per heavy atom. The zero-order chi connectivity index (χ0) is 14.5. The minimum absolute atomic E-state index is 0.0722. The fourth-order valence-electron chi connectivity index (χ4n) is 1.41. The summed E-state index contributed by atoms with van der Waals surface area (Å²) in [5.41, 5.74) is 0.286. The molecule has 0 saturated heterocycles. The second-order valence-corrected chi connectivity index (χ2v) is 3.77. The summed E-state index contributed by atoms with van der Waals surface area (Å²) in [5, 5.41) is 13.4. The van der Waals surface area contributed by atoms with Crippen molar-refractivity contribution in [1.82, 2.24) is 15.3 Å². The first-order valence-electron chi connectivity index (χ1n) is 5.56. The average Bonchev–Trinajstić information content (AvgIpc) is 2.42. The molecule has 2 rings (SSSR count). The van der Waals surface area contributed by atoms with Gasteiger partial charge < -0.3 is 10.4 Å². The van der Waals surface area contributed by atoms with Crippen LogP contribution in [-0.4, -0.2) is 21.1 Å². The molecule has 1 aromatic heterocycles. The number of amides is 2. The van der Waals surface area contributed by atoms with Crippen LogP contribution in [0.25, 0.3) is 0 Å². The Kier molecular flexibility index (Phi) is 4.04. The molecule has 1 heterocycles. The van der Waals surface area contributed by atoms with Gasteiger partial charge in [-0.05, 0) is 6.07 Å². The van der Waals surface area contributed by atoms with Crippen LogP contribution in [0.3, 0.4) is 0 Å². The summed E-state index contributed by atoms with van der Waals surface area (Å²) in [6, 6.07) is 4.46. The summed E-state index contributed by atoms with van der Waals surface area (Å²) >= 11 is 0. The Balaban J connectivity index is 1.96. The molecule has 0 aliphatic heterocycles. The Bertz CT molecular complexity index is 637. The van der Waals surface area contributed by atoms with Crippen molar-refractivity contribution in [3.63, 3.8) is 0 Å². The standard InChI is InChI=1S/C12H10F2N4O2/c13-8-4-2-1-3-7(8)5-15-11(19)17-10-9(14)6-16-12(20)18-10/h1-4,6H,5H2,(H3,15,16,17,18,19,20). The number of hydrogen-bond acceptors (Lipinski definition) is 4. The number of aromatic nitrogens is 2. The minimum atomic E-state index is -0.899. The van der Waals surface area contributed by atoms with Gasteiger partial charge in [-0.15, -0.1) is 0 Å². The molecule has 0 aliphatic carbocycles. The molecule has 6 nitrogen and oxygen atoms in total. The Hall–Kier alpha value is -2.77. The fourth-order valence-corrected chi connectivity index (χ4v) is 1.41. The van der Waals surface area contributed by atoms with Crippen molar-refractivity contribution in [1.29, 1.82) is 0 Å². The number of nitrogens with zero attached hydrogens (tertiary/aromatic N) is 2. The van der Waals surface area contributed by atoms with Gasteiger partial charge in [-0.25, -0.2) is 18.6 Å². The van der Waals surface area contributed by atoms with Crippen LogP contribution in [0.2, 0.25) is 0 Å². The number of aromatic hydroxyl groups is 1. The van der Waals surface area contributed by atoms with Gasteiger partial charge >= 0.3 is 12.0 Å². The van der Waals surface area contributed by atoms with E-state index >= 15 is 0 Å². The number of urea groups is 1. The normalized spacial score (nSPS) is 10.1. The maximum atomic E-state index is 13.3. The zero-order valence-corrected chi connectivity index (χ0v) is 10.1. The molecular formula is C12H10F2N4O2. The largest absolute Gasteiger partial charge is 0.479 e. The summed E-state index contributed by atoms with van der Waals surface area (Å²) in [4.78, 5) is 18.0. The minimum Gasteiger partial charge on any atom is -0.479 e. The highest BCUT2D eigenvalue weighted by Crippen LogP contribution is 2.12. The first kappa shape index (κ1) is 13.7. The van der Waals surface area contributed by atoms with Crippen LogP contribution >= 0.6 is 0 Å². The van der Waals surface area contributed by atoms with Gasteiger partial charge in [-0.2, -0.15) is 4.98 Å². The first-order valence-corrected chi connectivity index (χ1v) is 5.56. The van der Waals surface area contributed by atoms with Gasteiger partial charge in [0.1, 0.15) is 5.82 Å². The van der Waals surface area contributed by atoms with Crippen molar-refractivity contribution in [2.24, 2.45) is 0 Å². The Morgan fingerprint density at radius 1 is 1.25 bits per heavy atom. The van der Waals surface area contributed by atoms with E-state index in [9.17, 15) is 13.6 Å². The van der Waals surface area contributed by atoms with Gasteiger partial charge in [0, 0.05) is 12.1 Å². The van der Waals surface area contributed by atoms with E-state index in [2.05, 4.69) is 20.6 Å². The van der Waals surface area contributed by atoms with E-state index in [-0.39, 0.29) is 12.1 Å². The predicted molar refractivity (Wildman–Crippen MR) is 65.9 cm³/mol. The molecule has 3 N–H and O–H groups in total. The molecule has 1 aromatic carbocycles. The van der Waals surface area contributed by atoms with Crippen molar-refractivity contribution in [2.75, 3.05) is 5.32 Å². The summed E-state index contributed by atoms with van der Waals surface area (Å²) in [6.07, 6.45) is 0.717.